The van der Waals surface area contributed by atoms with Crippen molar-refractivity contribution >= 4 is 33.4 Å². The first-order valence-corrected chi connectivity index (χ1v) is 10.6. The Morgan fingerprint density at radius 1 is 0.667 bits per heavy atom. The zero-order chi connectivity index (χ0) is 22.2. The number of amides is 1. The first-order chi connectivity index (χ1) is 16.2. The van der Waals surface area contributed by atoms with Crippen LogP contribution in [0.3, 0.4) is 0 Å². The fourth-order valence-corrected chi connectivity index (χ4v) is 4.00. The third-order valence-electron chi connectivity index (χ3n) is 5.64. The molecule has 0 aliphatic rings. The minimum atomic E-state index is -0.191. The summed E-state index contributed by atoms with van der Waals surface area (Å²) in [4.78, 5) is 29.1. The summed E-state index contributed by atoms with van der Waals surface area (Å²) in [7, 11) is 0. The number of nitrogens with zero attached hydrogens (tertiary/aromatic N) is 2. The standard InChI is InChI=1S/C27H19N5O/c33-27(30-20-11-9-17-5-1-2-6-18(17)15-20)19-10-12-21-24(16-19)32-26(23-8-4-14-29-23)25(31-21)22-7-3-13-28-22/h1-16,28-29H,(H,30,33). The summed E-state index contributed by atoms with van der Waals surface area (Å²) in [5.74, 6) is -0.191. The summed E-state index contributed by atoms with van der Waals surface area (Å²) in [5.41, 5.74) is 5.87. The van der Waals surface area contributed by atoms with Crippen molar-refractivity contribution in [2.45, 2.75) is 0 Å². The van der Waals surface area contributed by atoms with Gasteiger partial charge in [-0.3, -0.25) is 4.79 Å². The van der Waals surface area contributed by atoms with Gasteiger partial charge in [-0.05, 0) is 65.4 Å². The van der Waals surface area contributed by atoms with Gasteiger partial charge in [-0.2, -0.15) is 0 Å². The van der Waals surface area contributed by atoms with Gasteiger partial charge in [0.15, 0.2) is 0 Å². The lowest BCUT2D eigenvalue weighted by molar-refractivity contribution is 0.102. The first kappa shape index (κ1) is 19.0. The molecule has 3 N–H and O–H groups in total. The van der Waals surface area contributed by atoms with Gasteiger partial charge in [0, 0.05) is 23.6 Å². The van der Waals surface area contributed by atoms with Gasteiger partial charge in [0.1, 0.15) is 11.4 Å². The fraction of sp³-hybridized carbons (Fsp3) is 0. The lowest BCUT2D eigenvalue weighted by Crippen LogP contribution is -2.12. The molecule has 158 valence electrons. The number of rotatable bonds is 4. The number of carbonyl (C=O) groups excluding carboxylic acids is 1. The van der Waals surface area contributed by atoms with Gasteiger partial charge in [-0.25, -0.2) is 9.97 Å². The summed E-state index contributed by atoms with van der Waals surface area (Å²) >= 11 is 0. The number of benzene rings is 3. The molecule has 33 heavy (non-hydrogen) atoms. The van der Waals surface area contributed by atoms with Gasteiger partial charge in [0.25, 0.3) is 5.91 Å². The van der Waals surface area contributed by atoms with Crippen LogP contribution < -0.4 is 5.32 Å². The van der Waals surface area contributed by atoms with Crippen LogP contribution in [0.4, 0.5) is 5.69 Å². The summed E-state index contributed by atoms with van der Waals surface area (Å²) in [6, 6.07) is 27.1. The Balaban J connectivity index is 1.38. The molecule has 0 atom stereocenters. The monoisotopic (exact) mass is 429 g/mol. The molecule has 6 rings (SSSR count). The molecule has 1 amide bonds. The van der Waals surface area contributed by atoms with Crippen LogP contribution in [0.2, 0.25) is 0 Å². The molecular formula is C27H19N5O. The van der Waals surface area contributed by atoms with E-state index in [1.165, 1.54) is 0 Å². The van der Waals surface area contributed by atoms with E-state index >= 15 is 0 Å². The van der Waals surface area contributed by atoms with E-state index in [2.05, 4.69) is 15.3 Å². The van der Waals surface area contributed by atoms with Crippen LogP contribution in [0.25, 0.3) is 44.6 Å². The fourth-order valence-electron chi connectivity index (χ4n) is 4.00. The van der Waals surface area contributed by atoms with Gasteiger partial charge in [0.05, 0.1) is 22.4 Å². The van der Waals surface area contributed by atoms with E-state index in [0.29, 0.717) is 11.1 Å². The second-order valence-corrected chi connectivity index (χ2v) is 7.81. The molecule has 0 saturated heterocycles. The largest absolute Gasteiger partial charge is 0.360 e. The molecule has 3 aromatic heterocycles. The Morgan fingerprint density at radius 3 is 2.06 bits per heavy atom. The van der Waals surface area contributed by atoms with E-state index in [-0.39, 0.29) is 5.91 Å². The molecule has 0 aliphatic carbocycles. The zero-order valence-corrected chi connectivity index (χ0v) is 17.5. The highest BCUT2D eigenvalue weighted by Crippen LogP contribution is 2.29. The molecule has 0 saturated carbocycles. The predicted octanol–water partition coefficient (Wildman–Crippen LogP) is 6.03. The van der Waals surface area contributed by atoms with Crippen molar-refractivity contribution in [3.05, 3.63) is 103 Å². The van der Waals surface area contributed by atoms with E-state index in [9.17, 15) is 4.79 Å². The lowest BCUT2D eigenvalue weighted by atomic mass is 10.1. The Labute approximate surface area is 189 Å². The third kappa shape index (κ3) is 3.53. The number of hydrogen-bond acceptors (Lipinski definition) is 3. The second-order valence-electron chi connectivity index (χ2n) is 7.81. The minimum absolute atomic E-state index is 0.191. The van der Waals surface area contributed by atoms with Crippen LogP contribution in [-0.2, 0) is 0 Å². The Hall–Kier alpha value is -4.71. The number of anilines is 1. The third-order valence-corrected chi connectivity index (χ3v) is 5.64. The summed E-state index contributed by atoms with van der Waals surface area (Å²) in [6.07, 6.45) is 3.72. The minimum Gasteiger partial charge on any atom is -0.360 e. The number of aromatic nitrogens is 4. The number of carbonyl (C=O) groups is 1. The van der Waals surface area contributed by atoms with Crippen molar-refractivity contribution in [3.63, 3.8) is 0 Å². The van der Waals surface area contributed by atoms with Gasteiger partial charge < -0.3 is 15.3 Å². The van der Waals surface area contributed by atoms with E-state index in [0.717, 1.165) is 44.8 Å². The molecule has 0 fully saturated rings. The first-order valence-electron chi connectivity index (χ1n) is 10.6. The number of fused-ring (bicyclic) bond motifs is 2. The normalized spacial score (nSPS) is 11.2. The molecule has 6 nitrogen and oxygen atoms in total. The summed E-state index contributed by atoms with van der Waals surface area (Å²) in [5, 5.41) is 5.20. The van der Waals surface area contributed by atoms with E-state index in [1.54, 1.807) is 12.1 Å². The van der Waals surface area contributed by atoms with Crippen molar-refractivity contribution < 1.29 is 4.79 Å². The number of H-pyrrole nitrogens is 2. The SMILES string of the molecule is O=C(Nc1ccc2ccccc2c1)c1ccc2nc(-c3ccc[nH]3)c(-c3ccc[nH]3)nc2c1. The Bertz CT molecular complexity index is 1600. The van der Waals surface area contributed by atoms with E-state index in [4.69, 9.17) is 9.97 Å². The van der Waals surface area contributed by atoms with Crippen molar-refractivity contribution in [3.8, 4) is 22.8 Å². The van der Waals surface area contributed by atoms with Crippen molar-refractivity contribution in [1.29, 1.82) is 0 Å². The lowest BCUT2D eigenvalue weighted by Gasteiger charge is -2.10. The van der Waals surface area contributed by atoms with Crippen LogP contribution in [0.5, 0.6) is 0 Å². The average Bonchev–Trinajstić information content (AvgIpc) is 3.57. The molecule has 0 unspecified atom stereocenters. The van der Waals surface area contributed by atoms with Crippen LogP contribution in [-0.4, -0.2) is 25.8 Å². The van der Waals surface area contributed by atoms with Crippen LogP contribution in [0.15, 0.2) is 97.3 Å². The predicted molar refractivity (Wildman–Crippen MR) is 131 cm³/mol. The number of hydrogen-bond donors (Lipinski definition) is 3. The Kier molecular flexibility index (Phi) is 4.47. The highest BCUT2D eigenvalue weighted by Gasteiger charge is 2.16. The topological polar surface area (TPSA) is 86.5 Å². The molecule has 0 aliphatic heterocycles. The van der Waals surface area contributed by atoms with Gasteiger partial charge in [0.2, 0.25) is 0 Å². The van der Waals surface area contributed by atoms with E-state index in [1.807, 2.05) is 85.2 Å². The highest BCUT2D eigenvalue weighted by atomic mass is 16.1. The van der Waals surface area contributed by atoms with Crippen molar-refractivity contribution in [1.82, 2.24) is 19.9 Å². The molecule has 0 bridgehead atoms. The van der Waals surface area contributed by atoms with Gasteiger partial charge in [-0.1, -0.05) is 30.3 Å². The maximum atomic E-state index is 13.0. The average molecular weight is 429 g/mol. The summed E-state index contributed by atoms with van der Waals surface area (Å²) in [6.45, 7) is 0. The van der Waals surface area contributed by atoms with Gasteiger partial charge >= 0.3 is 0 Å². The summed E-state index contributed by atoms with van der Waals surface area (Å²) < 4.78 is 0. The quantitative estimate of drug-likeness (QED) is 0.320. The molecule has 3 heterocycles. The smallest absolute Gasteiger partial charge is 0.255 e. The maximum absolute atomic E-state index is 13.0. The highest BCUT2D eigenvalue weighted by molar-refractivity contribution is 6.07. The van der Waals surface area contributed by atoms with Crippen molar-refractivity contribution in [2.75, 3.05) is 5.32 Å². The van der Waals surface area contributed by atoms with E-state index < -0.39 is 0 Å². The molecular weight excluding hydrogens is 410 g/mol. The maximum Gasteiger partial charge on any atom is 0.255 e. The second kappa shape index (κ2) is 7.76. The molecule has 6 aromatic rings. The number of aromatic amines is 2. The Morgan fingerprint density at radius 2 is 1.36 bits per heavy atom. The molecule has 3 aromatic carbocycles. The van der Waals surface area contributed by atoms with Crippen LogP contribution in [0, 0.1) is 0 Å². The molecule has 0 spiro atoms. The number of nitrogens with one attached hydrogen (secondary N) is 3. The van der Waals surface area contributed by atoms with Crippen LogP contribution in [0.1, 0.15) is 10.4 Å². The zero-order valence-electron chi connectivity index (χ0n) is 17.5. The van der Waals surface area contributed by atoms with Crippen LogP contribution >= 0.6 is 0 Å². The van der Waals surface area contributed by atoms with Crippen molar-refractivity contribution in [2.24, 2.45) is 0 Å². The molecule has 6 heteroatoms. The molecule has 0 radical (unpaired) electrons. The van der Waals surface area contributed by atoms with Gasteiger partial charge in [-0.15, -0.1) is 0 Å².